The fourth-order valence-corrected chi connectivity index (χ4v) is 4.99. The van der Waals surface area contributed by atoms with E-state index in [1.54, 1.807) is 6.08 Å². The third-order valence-electron chi connectivity index (χ3n) is 6.88. The van der Waals surface area contributed by atoms with Crippen LogP contribution in [0.2, 0.25) is 0 Å². The van der Waals surface area contributed by atoms with Crippen molar-refractivity contribution >= 4 is 5.91 Å². The molecule has 1 unspecified atom stereocenters. The summed E-state index contributed by atoms with van der Waals surface area (Å²) in [5.74, 6) is -0.798. The van der Waals surface area contributed by atoms with Gasteiger partial charge in [-0.05, 0) is 23.6 Å². The fourth-order valence-electron chi connectivity index (χ4n) is 4.99. The molecule has 2 fully saturated rings. The molecule has 0 radical (unpaired) electrons. The molecule has 0 bridgehead atoms. The Hall–Kier alpha value is -2.99. The summed E-state index contributed by atoms with van der Waals surface area (Å²) >= 11 is 0. The van der Waals surface area contributed by atoms with Crippen LogP contribution in [-0.2, 0) is 14.3 Å². The lowest BCUT2D eigenvalue weighted by Crippen LogP contribution is -2.51. The second-order valence-electron chi connectivity index (χ2n) is 9.11. The van der Waals surface area contributed by atoms with Crippen molar-refractivity contribution in [3.8, 4) is 0 Å². The molecule has 0 saturated carbocycles. The van der Waals surface area contributed by atoms with Crippen molar-refractivity contribution in [1.29, 1.82) is 0 Å². The summed E-state index contributed by atoms with van der Waals surface area (Å²) in [6, 6.07) is 19.8. The Balaban J connectivity index is 1.55. The molecular formula is C30H36N2O3. The molecule has 2 aromatic rings. The van der Waals surface area contributed by atoms with Crippen LogP contribution in [0.15, 0.2) is 97.1 Å². The Bertz CT molecular complexity index is 977. The highest BCUT2D eigenvalue weighted by molar-refractivity contribution is 5.87. The molecular weight excluding hydrogens is 436 g/mol. The number of rotatable bonds is 9. The van der Waals surface area contributed by atoms with E-state index in [1.165, 1.54) is 0 Å². The summed E-state index contributed by atoms with van der Waals surface area (Å²) in [7, 11) is 0. The number of allylic oxidation sites excluding steroid dienone is 3. The van der Waals surface area contributed by atoms with Gasteiger partial charge in [-0.25, -0.2) is 0 Å². The summed E-state index contributed by atoms with van der Waals surface area (Å²) in [5.41, 5.74) is 3.02. The number of carbonyl (C=O) groups is 1. The van der Waals surface area contributed by atoms with E-state index in [0.29, 0.717) is 13.2 Å². The number of carbonyl (C=O) groups excluding carboxylic acids is 1. The molecule has 2 heterocycles. The summed E-state index contributed by atoms with van der Waals surface area (Å²) in [6.45, 7) is 9.64. The van der Waals surface area contributed by atoms with Crippen molar-refractivity contribution in [2.45, 2.75) is 37.5 Å². The average molecular weight is 473 g/mol. The standard InChI is InChI=1S/C30H36N2O3/c1-3-5-12-24(4-2)27(23-32-19-17-30(18-20-32)34-21-22-35-30)31-29(33)28(25-13-8-6-9-14-25)26-15-10-7-11-16-26/h3-16,27-28H,1,17-23H2,2H3,(H,31,33)/b12-5-,24-4+. The molecule has 2 aromatic carbocycles. The molecule has 1 spiro atoms. The largest absolute Gasteiger partial charge is 0.347 e. The van der Waals surface area contributed by atoms with Crippen molar-refractivity contribution in [3.63, 3.8) is 0 Å². The van der Waals surface area contributed by atoms with Crippen LogP contribution in [0.3, 0.4) is 0 Å². The van der Waals surface area contributed by atoms with E-state index < -0.39 is 5.79 Å². The van der Waals surface area contributed by atoms with Gasteiger partial charge in [0.15, 0.2) is 5.79 Å². The third-order valence-corrected chi connectivity index (χ3v) is 6.88. The van der Waals surface area contributed by atoms with Crippen LogP contribution < -0.4 is 5.32 Å². The van der Waals surface area contributed by atoms with E-state index in [4.69, 9.17) is 9.47 Å². The second-order valence-corrected chi connectivity index (χ2v) is 9.11. The highest BCUT2D eigenvalue weighted by Crippen LogP contribution is 2.31. The first kappa shape index (κ1) is 25.1. The third kappa shape index (κ3) is 6.37. The number of nitrogens with zero attached hydrogens (tertiary/aromatic N) is 1. The van der Waals surface area contributed by atoms with Crippen LogP contribution in [0.5, 0.6) is 0 Å². The second kappa shape index (κ2) is 12.1. The molecule has 2 saturated heterocycles. The van der Waals surface area contributed by atoms with Crippen LogP contribution in [0.4, 0.5) is 0 Å². The van der Waals surface area contributed by atoms with Crippen LogP contribution in [-0.4, -0.2) is 55.5 Å². The lowest BCUT2D eigenvalue weighted by molar-refractivity contribution is -0.185. The van der Waals surface area contributed by atoms with Crippen LogP contribution >= 0.6 is 0 Å². The maximum absolute atomic E-state index is 13.9. The van der Waals surface area contributed by atoms with E-state index in [2.05, 4.69) is 22.9 Å². The number of likely N-dealkylation sites (tertiary alicyclic amines) is 1. The summed E-state index contributed by atoms with van der Waals surface area (Å²) in [4.78, 5) is 16.2. The van der Waals surface area contributed by atoms with Crippen LogP contribution in [0.25, 0.3) is 0 Å². The molecule has 35 heavy (non-hydrogen) atoms. The highest BCUT2D eigenvalue weighted by atomic mass is 16.7. The molecule has 5 heteroatoms. The first-order chi connectivity index (χ1) is 17.1. The van der Waals surface area contributed by atoms with Crippen LogP contribution in [0.1, 0.15) is 36.8 Å². The highest BCUT2D eigenvalue weighted by Gasteiger charge is 2.40. The number of benzene rings is 2. The minimum Gasteiger partial charge on any atom is -0.347 e. The number of piperidine rings is 1. The molecule has 2 aliphatic heterocycles. The molecule has 1 atom stereocenters. The molecule has 0 aromatic heterocycles. The maximum atomic E-state index is 13.9. The van der Waals surface area contributed by atoms with Gasteiger partial charge in [-0.1, -0.05) is 91.5 Å². The Morgan fingerprint density at radius 3 is 2.11 bits per heavy atom. The molecule has 1 amide bonds. The smallest absolute Gasteiger partial charge is 0.232 e. The Labute approximate surface area is 209 Å². The molecule has 2 aliphatic rings. The lowest BCUT2D eigenvalue weighted by Gasteiger charge is -2.39. The quantitative estimate of drug-likeness (QED) is 0.531. The van der Waals surface area contributed by atoms with Gasteiger partial charge in [-0.3, -0.25) is 4.79 Å². The minimum atomic E-state index is -0.410. The normalized spacial score (nSPS) is 19.3. The SMILES string of the molecule is C=C/C=C\C(=C/C)C(CN1CCC2(CC1)OCCO2)NC(=O)C(c1ccccc1)c1ccccc1. The van der Waals surface area contributed by atoms with E-state index in [1.807, 2.05) is 79.7 Å². The first-order valence-corrected chi connectivity index (χ1v) is 12.5. The minimum absolute atomic E-state index is 0.00491. The summed E-state index contributed by atoms with van der Waals surface area (Å²) in [6.07, 6.45) is 9.48. The van der Waals surface area contributed by atoms with E-state index in [9.17, 15) is 4.79 Å². The Kier molecular flexibility index (Phi) is 8.69. The number of amides is 1. The van der Waals surface area contributed by atoms with Crippen molar-refractivity contribution in [2.24, 2.45) is 0 Å². The van der Waals surface area contributed by atoms with E-state index >= 15 is 0 Å². The zero-order chi connectivity index (χ0) is 24.5. The zero-order valence-corrected chi connectivity index (χ0v) is 20.6. The topological polar surface area (TPSA) is 50.8 Å². The fraction of sp³-hybridized carbons (Fsp3) is 0.367. The number of hydrogen-bond donors (Lipinski definition) is 1. The van der Waals surface area contributed by atoms with Gasteiger partial charge in [0.25, 0.3) is 0 Å². The van der Waals surface area contributed by atoms with Gasteiger partial charge in [-0.2, -0.15) is 0 Å². The number of nitrogens with one attached hydrogen (secondary N) is 1. The molecule has 184 valence electrons. The predicted molar refractivity (Wildman–Crippen MR) is 140 cm³/mol. The van der Waals surface area contributed by atoms with Gasteiger partial charge in [-0.15, -0.1) is 0 Å². The average Bonchev–Trinajstić information content (AvgIpc) is 3.35. The van der Waals surface area contributed by atoms with Crippen molar-refractivity contribution in [2.75, 3.05) is 32.8 Å². The number of ether oxygens (including phenoxy) is 2. The summed E-state index contributed by atoms with van der Waals surface area (Å²) in [5, 5.41) is 3.39. The van der Waals surface area contributed by atoms with Crippen molar-refractivity contribution in [3.05, 3.63) is 108 Å². The number of hydrogen-bond acceptors (Lipinski definition) is 4. The van der Waals surface area contributed by atoms with Gasteiger partial charge in [0.1, 0.15) is 0 Å². The van der Waals surface area contributed by atoms with Gasteiger partial charge in [0.2, 0.25) is 5.91 Å². The molecule has 1 N–H and O–H groups in total. The van der Waals surface area contributed by atoms with Gasteiger partial charge in [0.05, 0.1) is 25.2 Å². The Morgan fingerprint density at radius 2 is 1.60 bits per heavy atom. The lowest BCUT2D eigenvalue weighted by atomic mass is 9.90. The maximum Gasteiger partial charge on any atom is 0.232 e. The van der Waals surface area contributed by atoms with Crippen molar-refractivity contribution in [1.82, 2.24) is 10.2 Å². The summed E-state index contributed by atoms with van der Waals surface area (Å²) < 4.78 is 11.8. The zero-order valence-electron chi connectivity index (χ0n) is 20.6. The molecule has 5 nitrogen and oxygen atoms in total. The molecule has 4 rings (SSSR count). The molecule has 0 aliphatic carbocycles. The predicted octanol–water partition coefficient (Wildman–Crippen LogP) is 4.83. The van der Waals surface area contributed by atoms with E-state index in [0.717, 1.165) is 49.2 Å². The first-order valence-electron chi connectivity index (χ1n) is 12.5. The van der Waals surface area contributed by atoms with Crippen molar-refractivity contribution < 1.29 is 14.3 Å². The monoisotopic (exact) mass is 472 g/mol. The van der Waals surface area contributed by atoms with Crippen LogP contribution in [0, 0.1) is 0 Å². The van der Waals surface area contributed by atoms with Gasteiger partial charge < -0.3 is 19.7 Å². The van der Waals surface area contributed by atoms with E-state index in [-0.39, 0.29) is 17.9 Å². The Morgan fingerprint density at radius 1 is 1.03 bits per heavy atom. The van der Waals surface area contributed by atoms with Gasteiger partial charge >= 0.3 is 0 Å². The van der Waals surface area contributed by atoms with Gasteiger partial charge in [0, 0.05) is 32.5 Å².